The lowest BCUT2D eigenvalue weighted by Gasteiger charge is -2.23. The topological polar surface area (TPSA) is 59.5 Å². The summed E-state index contributed by atoms with van der Waals surface area (Å²) in [5.74, 6) is -1.09. The van der Waals surface area contributed by atoms with Gasteiger partial charge in [0.1, 0.15) is 11.6 Å². The zero-order valence-corrected chi connectivity index (χ0v) is 17.7. The molecule has 0 radical (unpaired) electrons. The van der Waals surface area contributed by atoms with Crippen molar-refractivity contribution in [2.24, 2.45) is 0 Å². The standard InChI is InChI=1S/C19H15F5N2O3S2/c1-11-7-13(29-2)4-3-12(11)10-26(18-25-9-17(21)30-18)31(27,28)14-5-6-16(20)15(8-14)19(22,23)24/h3-9H,10H2,1-2H3. The van der Waals surface area contributed by atoms with Crippen LogP contribution in [-0.4, -0.2) is 20.5 Å². The van der Waals surface area contributed by atoms with E-state index in [1.807, 2.05) is 0 Å². The molecule has 166 valence electrons. The van der Waals surface area contributed by atoms with Crippen LogP contribution in [0.25, 0.3) is 0 Å². The maximum atomic E-state index is 13.7. The minimum Gasteiger partial charge on any atom is -0.497 e. The van der Waals surface area contributed by atoms with E-state index in [9.17, 15) is 30.4 Å². The molecule has 0 aliphatic heterocycles. The predicted octanol–water partition coefficient (Wildman–Crippen LogP) is 5.15. The molecule has 3 rings (SSSR count). The molecule has 0 saturated heterocycles. The molecule has 0 amide bonds. The monoisotopic (exact) mass is 478 g/mol. The molecule has 0 aliphatic rings. The van der Waals surface area contributed by atoms with Crippen molar-refractivity contribution in [1.29, 1.82) is 0 Å². The van der Waals surface area contributed by atoms with Gasteiger partial charge >= 0.3 is 6.18 Å². The number of thiazole rings is 1. The molecule has 0 spiro atoms. The van der Waals surface area contributed by atoms with Gasteiger partial charge in [0, 0.05) is 0 Å². The van der Waals surface area contributed by atoms with Gasteiger partial charge in [-0.1, -0.05) is 17.4 Å². The molecule has 0 aliphatic carbocycles. The number of anilines is 1. The Morgan fingerprint density at radius 2 is 1.84 bits per heavy atom. The van der Waals surface area contributed by atoms with Crippen LogP contribution in [0.1, 0.15) is 16.7 Å². The molecule has 31 heavy (non-hydrogen) atoms. The van der Waals surface area contributed by atoms with Crippen LogP contribution in [0.5, 0.6) is 5.75 Å². The summed E-state index contributed by atoms with van der Waals surface area (Å²) < 4.78 is 98.8. The van der Waals surface area contributed by atoms with E-state index in [0.717, 1.165) is 12.3 Å². The van der Waals surface area contributed by atoms with Gasteiger partial charge in [0.15, 0.2) is 5.13 Å². The lowest BCUT2D eigenvalue weighted by molar-refractivity contribution is -0.140. The van der Waals surface area contributed by atoms with Gasteiger partial charge in [-0.2, -0.15) is 17.6 Å². The molecular formula is C19H15F5N2O3S2. The van der Waals surface area contributed by atoms with Crippen molar-refractivity contribution < 1.29 is 35.1 Å². The summed E-state index contributed by atoms with van der Waals surface area (Å²) in [6, 6.07) is 6.15. The van der Waals surface area contributed by atoms with E-state index in [1.54, 1.807) is 25.1 Å². The number of benzene rings is 2. The molecule has 0 atom stereocenters. The lowest BCUT2D eigenvalue weighted by Crippen LogP contribution is -2.31. The van der Waals surface area contributed by atoms with Crippen LogP contribution >= 0.6 is 11.3 Å². The average Bonchev–Trinajstić information content (AvgIpc) is 3.11. The van der Waals surface area contributed by atoms with E-state index in [0.29, 0.717) is 38.6 Å². The van der Waals surface area contributed by atoms with Crippen molar-refractivity contribution in [3.05, 3.63) is 70.2 Å². The number of aromatic nitrogens is 1. The van der Waals surface area contributed by atoms with E-state index in [1.165, 1.54) is 7.11 Å². The molecule has 2 aromatic carbocycles. The van der Waals surface area contributed by atoms with E-state index in [2.05, 4.69) is 4.98 Å². The molecule has 5 nitrogen and oxygen atoms in total. The molecular weight excluding hydrogens is 463 g/mol. The summed E-state index contributed by atoms with van der Waals surface area (Å²) in [7, 11) is -3.20. The largest absolute Gasteiger partial charge is 0.497 e. The third-order valence-electron chi connectivity index (χ3n) is 4.37. The normalized spacial score (nSPS) is 12.1. The van der Waals surface area contributed by atoms with E-state index < -0.39 is 37.6 Å². The van der Waals surface area contributed by atoms with Crippen LogP contribution in [0.15, 0.2) is 47.5 Å². The minimum absolute atomic E-state index is 0.211. The summed E-state index contributed by atoms with van der Waals surface area (Å²) >= 11 is 0.411. The summed E-state index contributed by atoms with van der Waals surface area (Å²) in [4.78, 5) is 2.92. The Morgan fingerprint density at radius 3 is 2.39 bits per heavy atom. The van der Waals surface area contributed by atoms with Crippen LogP contribution in [0, 0.1) is 17.9 Å². The van der Waals surface area contributed by atoms with Crippen molar-refractivity contribution in [3.63, 3.8) is 0 Å². The van der Waals surface area contributed by atoms with E-state index in [-0.39, 0.29) is 17.7 Å². The molecule has 1 heterocycles. The van der Waals surface area contributed by atoms with Crippen molar-refractivity contribution in [1.82, 2.24) is 4.98 Å². The molecule has 1 aromatic heterocycles. The van der Waals surface area contributed by atoms with Crippen molar-refractivity contribution in [2.45, 2.75) is 24.5 Å². The van der Waals surface area contributed by atoms with Crippen LogP contribution in [0.3, 0.4) is 0 Å². The van der Waals surface area contributed by atoms with Gasteiger partial charge in [0.2, 0.25) is 5.13 Å². The molecule has 12 heteroatoms. The van der Waals surface area contributed by atoms with Crippen molar-refractivity contribution in [2.75, 3.05) is 11.4 Å². The number of hydrogen-bond donors (Lipinski definition) is 0. The van der Waals surface area contributed by atoms with Crippen LogP contribution in [0.4, 0.5) is 27.1 Å². The highest BCUT2D eigenvalue weighted by molar-refractivity contribution is 7.93. The average molecular weight is 478 g/mol. The summed E-state index contributed by atoms with van der Waals surface area (Å²) in [6.45, 7) is 1.34. The number of alkyl halides is 3. The van der Waals surface area contributed by atoms with Crippen LogP contribution in [0.2, 0.25) is 0 Å². The van der Waals surface area contributed by atoms with Gasteiger partial charge in [-0.15, -0.1) is 0 Å². The molecule has 0 fully saturated rings. The van der Waals surface area contributed by atoms with Gasteiger partial charge < -0.3 is 4.74 Å². The number of aryl methyl sites for hydroxylation is 1. The molecule has 0 saturated carbocycles. The van der Waals surface area contributed by atoms with Gasteiger partial charge in [-0.3, -0.25) is 0 Å². The van der Waals surface area contributed by atoms with E-state index in [4.69, 9.17) is 4.74 Å². The second kappa shape index (κ2) is 8.42. The highest BCUT2D eigenvalue weighted by Gasteiger charge is 2.37. The Morgan fingerprint density at radius 1 is 1.13 bits per heavy atom. The third-order valence-corrected chi connectivity index (χ3v) is 7.03. The maximum Gasteiger partial charge on any atom is 0.419 e. The number of sulfonamides is 1. The zero-order chi connectivity index (χ0) is 23.0. The summed E-state index contributed by atoms with van der Waals surface area (Å²) in [5.41, 5.74) is -0.607. The first-order valence-electron chi connectivity index (χ1n) is 8.58. The SMILES string of the molecule is COc1ccc(CN(c2ncc(F)s2)S(=O)(=O)c2ccc(F)c(C(F)(F)F)c2)c(C)c1. The fraction of sp³-hybridized carbons (Fsp3) is 0.211. The zero-order valence-electron chi connectivity index (χ0n) is 16.1. The van der Waals surface area contributed by atoms with Gasteiger partial charge in [-0.05, 0) is 48.4 Å². The first-order valence-corrected chi connectivity index (χ1v) is 10.8. The van der Waals surface area contributed by atoms with Crippen LogP contribution in [-0.2, 0) is 22.7 Å². The number of halogens is 5. The van der Waals surface area contributed by atoms with Gasteiger partial charge in [-0.25, -0.2) is 22.1 Å². The number of nitrogens with zero attached hydrogens (tertiary/aromatic N) is 2. The molecule has 3 aromatic rings. The second-order valence-corrected chi connectivity index (χ2v) is 9.21. The Hall–Kier alpha value is -2.73. The van der Waals surface area contributed by atoms with Gasteiger partial charge in [0.25, 0.3) is 10.0 Å². The quantitative estimate of drug-likeness (QED) is 0.460. The first kappa shape index (κ1) is 22.9. The Balaban J connectivity index is 2.12. The fourth-order valence-electron chi connectivity index (χ4n) is 2.75. The van der Waals surface area contributed by atoms with Crippen molar-refractivity contribution in [3.8, 4) is 5.75 Å². The predicted molar refractivity (Wildman–Crippen MR) is 105 cm³/mol. The number of hydrogen-bond acceptors (Lipinski definition) is 5. The first-order chi connectivity index (χ1) is 14.4. The minimum atomic E-state index is -5.10. The Kier molecular flexibility index (Phi) is 6.23. The second-order valence-electron chi connectivity index (χ2n) is 6.39. The Bertz CT molecular complexity index is 1210. The Labute approximate surface area is 178 Å². The van der Waals surface area contributed by atoms with Crippen LogP contribution < -0.4 is 9.04 Å². The lowest BCUT2D eigenvalue weighted by atomic mass is 10.1. The number of ether oxygens (including phenoxy) is 1. The highest BCUT2D eigenvalue weighted by Crippen LogP contribution is 2.35. The van der Waals surface area contributed by atoms with E-state index >= 15 is 0 Å². The van der Waals surface area contributed by atoms with Gasteiger partial charge in [0.05, 0.1) is 30.3 Å². The third kappa shape index (κ3) is 4.79. The maximum absolute atomic E-state index is 13.7. The molecule has 0 unspecified atom stereocenters. The van der Waals surface area contributed by atoms with Crippen molar-refractivity contribution >= 4 is 26.5 Å². The molecule has 0 N–H and O–H groups in total. The smallest absolute Gasteiger partial charge is 0.419 e. The fourth-order valence-corrected chi connectivity index (χ4v) is 5.03. The summed E-state index contributed by atoms with van der Waals surface area (Å²) in [5, 5.41) is -1.07. The number of rotatable bonds is 6. The molecule has 0 bridgehead atoms. The highest BCUT2D eigenvalue weighted by atomic mass is 32.2. The number of methoxy groups -OCH3 is 1. The summed E-state index contributed by atoms with van der Waals surface area (Å²) in [6.07, 6.45) is -4.30.